The predicted octanol–water partition coefficient (Wildman–Crippen LogP) is -2.16. The first kappa shape index (κ1) is 18.2. The molecular formula is C14H19N6O5S+. The van der Waals surface area contributed by atoms with Gasteiger partial charge in [0.05, 0.1) is 12.7 Å². The molecule has 0 aromatic carbocycles. The van der Waals surface area contributed by atoms with E-state index in [9.17, 15) is 24.6 Å². The molecule has 0 spiro atoms. The molecule has 26 heavy (non-hydrogen) atoms. The summed E-state index contributed by atoms with van der Waals surface area (Å²) in [5, 5.41) is 20.9. The van der Waals surface area contributed by atoms with Gasteiger partial charge in [0, 0.05) is 11.3 Å². The maximum Gasteiger partial charge on any atom is 0.352 e. The predicted molar refractivity (Wildman–Crippen MR) is 90.6 cm³/mol. The number of nitrogens with zero attached hydrogens (tertiary/aromatic N) is 3. The number of aliphatic hydroxyl groups is 1. The zero-order valence-electron chi connectivity index (χ0n) is 13.7. The lowest BCUT2D eigenvalue weighted by atomic mass is 10.0. The normalized spacial score (nSPS) is 22.1. The van der Waals surface area contributed by atoms with Crippen molar-refractivity contribution in [3.63, 3.8) is 0 Å². The lowest BCUT2D eigenvalue weighted by Crippen LogP contribution is -2.68. The number of hydrogen-bond donors (Lipinski definition) is 5. The molecule has 7 N–H and O–H groups in total. The molecule has 3 heterocycles. The van der Waals surface area contributed by atoms with Gasteiger partial charge in [-0.3, -0.25) is 15.0 Å². The molecule has 2 aliphatic rings. The topological polar surface area (TPSA) is 168 Å². The van der Waals surface area contributed by atoms with Gasteiger partial charge in [-0.05, 0) is 0 Å². The SMILES string of the molecule is NC(=O)Nc1cc[n+](CC2=C(C(=O)O)N3C(=O)[C@@H](N)[C@H]3SC2)n1CCO. The Bertz CT molecular complexity index is 806. The molecule has 12 heteroatoms. The lowest BCUT2D eigenvalue weighted by Gasteiger charge is -2.47. The third kappa shape index (κ3) is 3.02. The average Bonchev–Trinajstić information content (AvgIpc) is 2.95. The molecule has 0 bridgehead atoms. The van der Waals surface area contributed by atoms with E-state index in [4.69, 9.17) is 11.5 Å². The summed E-state index contributed by atoms with van der Waals surface area (Å²) >= 11 is 1.41. The Morgan fingerprint density at radius 1 is 1.46 bits per heavy atom. The molecule has 0 aliphatic carbocycles. The largest absolute Gasteiger partial charge is 0.477 e. The van der Waals surface area contributed by atoms with Crippen molar-refractivity contribution in [2.75, 3.05) is 17.7 Å². The highest BCUT2D eigenvalue weighted by atomic mass is 32.2. The van der Waals surface area contributed by atoms with Crippen molar-refractivity contribution in [1.29, 1.82) is 0 Å². The molecule has 1 aromatic heterocycles. The number of aliphatic carboxylic acids is 1. The highest BCUT2D eigenvalue weighted by molar-refractivity contribution is 8.00. The molecule has 2 aliphatic heterocycles. The van der Waals surface area contributed by atoms with Gasteiger partial charge in [0.2, 0.25) is 5.91 Å². The number of β-lactam (4-membered cyclic amide) rings is 1. The van der Waals surface area contributed by atoms with Gasteiger partial charge in [0.1, 0.15) is 23.7 Å². The van der Waals surface area contributed by atoms with E-state index in [1.165, 1.54) is 16.7 Å². The van der Waals surface area contributed by atoms with Crippen LogP contribution in [0, 0.1) is 0 Å². The van der Waals surface area contributed by atoms with Gasteiger partial charge in [0.25, 0.3) is 0 Å². The van der Waals surface area contributed by atoms with Crippen LogP contribution in [-0.2, 0) is 22.7 Å². The summed E-state index contributed by atoms with van der Waals surface area (Å²) in [7, 11) is 0. The standard InChI is InChI=1S/C14H18N6O5S/c15-9-11(22)20-10(13(23)24)7(6-26-12(9)20)5-18-2-1-8(17-14(16)25)19(18)3-4-21/h1-2,9,12,21H,3-6,15H2,(H3,16,23,24,25)/p+1/t9-,12-/m1/s1. The summed E-state index contributed by atoms with van der Waals surface area (Å²) in [4.78, 5) is 36.0. The molecule has 0 saturated carbocycles. The van der Waals surface area contributed by atoms with E-state index in [1.54, 1.807) is 21.6 Å². The van der Waals surface area contributed by atoms with Crippen molar-refractivity contribution in [2.24, 2.45) is 11.5 Å². The average molecular weight is 383 g/mol. The summed E-state index contributed by atoms with van der Waals surface area (Å²) in [5.41, 5.74) is 11.3. The summed E-state index contributed by atoms with van der Waals surface area (Å²) in [5.74, 6) is -0.835. The molecular weight excluding hydrogens is 364 g/mol. The van der Waals surface area contributed by atoms with Crippen LogP contribution in [0.25, 0.3) is 0 Å². The fourth-order valence-electron chi connectivity index (χ4n) is 3.07. The fraction of sp³-hybridized carbons (Fsp3) is 0.429. The van der Waals surface area contributed by atoms with Crippen molar-refractivity contribution in [1.82, 2.24) is 9.58 Å². The van der Waals surface area contributed by atoms with Crippen molar-refractivity contribution < 1.29 is 29.3 Å². The number of thioether (sulfide) groups is 1. The number of carbonyl (C=O) groups excluding carboxylic acids is 2. The number of aliphatic hydroxyl groups excluding tert-OH is 1. The molecule has 1 saturated heterocycles. The van der Waals surface area contributed by atoms with Crippen LogP contribution >= 0.6 is 11.8 Å². The first-order valence-electron chi connectivity index (χ1n) is 7.77. The van der Waals surface area contributed by atoms with Crippen LogP contribution in [0.15, 0.2) is 23.5 Å². The number of carboxylic acid groups (broad SMARTS) is 1. The van der Waals surface area contributed by atoms with E-state index in [0.717, 1.165) is 0 Å². The number of aromatic nitrogens is 2. The molecule has 1 fully saturated rings. The molecule has 3 rings (SSSR count). The first-order valence-corrected chi connectivity index (χ1v) is 8.82. The first-order chi connectivity index (χ1) is 12.3. The summed E-state index contributed by atoms with van der Waals surface area (Å²) in [6.45, 7) is 0.144. The third-order valence-electron chi connectivity index (χ3n) is 4.20. The number of nitrogens with two attached hydrogens (primary N) is 2. The van der Waals surface area contributed by atoms with Gasteiger partial charge in [-0.2, -0.15) is 0 Å². The van der Waals surface area contributed by atoms with Crippen LogP contribution in [0.3, 0.4) is 0 Å². The van der Waals surface area contributed by atoms with Crippen LogP contribution in [0.2, 0.25) is 0 Å². The van der Waals surface area contributed by atoms with Gasteiger partial charge < -0.3 is 21.7 Å². The number of urea groups is 1. The Morgan fingerprint density at radius 3 is 2.81 bits per heavy atom. The van der Waals surface area contributed by atoms with Crippen LogP contribution < -0.4 is 21.5 Å². The third-order valence-corrected chi connectivity index (χ3v) is 5.56. The number of primary amides is 1. The Balaban J connectivity index is 1.94. The molecule has 0 radical (unpaired) electrons. The molecule has 1 aromatic rings. The number of nitrogens with one attached hydrogen (secondary N) is 1. The van der Waals surface area contributed by atoms with Gasteiger partial charge >= 0.3 is 12.0 Å². The van der Waals surface area contributed by atoms with Crippen LogP contribution in [0.4, 0.5) is 10.6 Å². The molecule has 140 valence electrons. The number of carbonyl (C=O) groups is 3. The van der Waals surface area contributed by atoms with E-state index < -0.39 is 23.9 Å². The number of rotatable bonds is 6. The lowest BCUT2D eigenvalue weighted by molar-refractivity contribution is -0.767. The van der Waals surface area contributed by atoms with E-state index in [1.807, 2.05) is 0 Å². The Kier molecular flexibility index (Phi) is 4.89. The van der Waals surface area contributed by atoms with Crippen molar-refractivity contribution in [3.05, 3.63) is 23.5 Å². The van der Waals surface area contributed by atoms with Gasteiger partial charge in [-0.15, -0.1) is 21.1 Å². The number of fused-ring (bicyclic) bond motifs is 1. The zero-order chi connectivity index (χ0) is 19.0. The van der Waals surface area contributed by atoms with E-state index in [2.05, 4.69) is 5.32 Å². The molecule has 2 atom stereocenters. The van der Waals surface area contributed by atoms with Crippen molar-refractivity contribution in [3.8, 4) is 0 Å². The van der Waals surface area contributed by atoms with E-state index in [-0.39, 0.29) is 30.8 Å². The Hall–Kier alpha value is -2.57. The van der Waals surface area contributed by atoms with Gasteiger partial charge in [-0.1, -0.05) is 0 Å². The molecule has 3 amide bonds. The van der Waals surface area contributed by atoms with Crippen LogP contribution in [0.1, 0.15) is 0 Å². The Labute approximate surface area is 152 Å². The van der Waals surface area contributed by atoms with Gasteiger partial charge in [0.15, 0.2) is 18.6 Å². The highest BCUT2D eigenvalue weighted by Crippen LogP contribution is 2.39. The maximum absolute atomic E-state index is 12.0. The quantitative estimate of drug-likeness (QED) is 0.275. The fourth-order valence-corrected chi connectivity index (χ4v) is 4.35. The summed E-state index contributed by atoms with van der Waals surface area (Å²) in [6, 6.07) is 0.148. The monoisotopic (exact) mass is 383 g/mol. The van der Waals surface area contributed by atoms with Crippen LogP contribution in [-0.4, -0.2) is 61.5 Å². The second-order valence-electron chi connectivity index (χ2n) is 5.83. The second-order valence-corrected chi connectivity index (χ2v) is 6.93. The molecule has 0 unspecified atom stereocenters. The van der Waals surface area contributed by atoms with E-state index >= 15 is 0 Å². The smallest absolute Gasteiger partial charge is 0.352 e. The number of carboxylic acids is 1. The Morgan fingerprint density at radius 2 is 2.19 bits per heavy atom. The van der Waals surface area contributed by atoms with Gasteiger partial charge in [-0.25, -0.2) is 9.59 Å². The van der Waals surface area contributed by atoms with E-state index in [0.29, 0.717) is 17.1 Å². The highest BCUT2D eigenvalue weighted by Gasteiger charge is 2.52. The molecule has 11 nitrogen and oxygen atoms in total. The number of hydrogen-bond acceptors (Lipinski definition) is 6. The maximum atomic E-state index is 12.0. The second kappa shape index (κ2) is 6.97. The van der Waals surface area contributed by atoms with Crippen molar-refractivity contribution >= 4 is 35.5 Å². The number of anilines is 1. The number of amides is 3. The van der Waals surface area contributed by atoms with Crippen LogP contribution in [0.5, 0.6) is 0 Å². The van der Waals surface area contributed by atoms with Crippen molar-refractivity contribution in [2.45, 2.75) is 24.5 Å². The minimum absolute atomic E-state index is 0.0610. The minimum atomic E-state index is -1.19. The minimum Gasteiger partial charge on any atom is -0.477 e. The summed E-state index contributed by atoms with van der Waals surface area (Å²) < 4.78 is 3.21. The zero-order valence-corrected chi connectivity index (χ0v) is 14.5. The summed E-state index contributed by atoms with van der Waals surface area (Å²) in [6.07, 6.45) is 1.63.